The van der Waals surface area contributed by atoms with Gasteiger partial charge in [0.1, 0.15) is 0 Å². The van der Waals surface area contributed by atoms with E-state index in [0.717, 1.165) is 51.9 Å². The average molecular weight is 462 g/mol. The van der Waals surface area contributed by atoms with Gasteiger partial charge in [-0.25, -0.2) is 4.99 Å². The average Bonchev–Trinajstić information content (AvgIpc) is 2.62. The third-order valence-electron chi connectivity index (χ3n) is 3.92. The van der Waals surface area contributed by atoms with Crippen LogP contribution >= 0.6 is 24.0 Å². The highest BCUT2D eigenvalue weighted by atomic mass is 127. The summed E-state index contributed by atoms with van der Waals surface area (Å²) in [5, 5.41) is 6.70. The first-order valence-electron chi connectivity index (χ1n) is 8.71. The normalized spacial score (nSPS) is 15.5. The van der Waals surface area contributed by atoms with Crippen molar-refractivity contribution >= 4 is 29.9 Å². The van der Waals surface area contributed by atoms with E-state index < -0.39 is 0 Å². The summed E-state index contributed by atoms with van der Waals surface area (Å²) < 4.78 is 10.5. The topological polar surface area (TPSA) is 58.1 Å². The molecule has 1 heterocycles. The molecule has 2 N–H and O–H groups in total. The Morgan fingerprint density at radius 2 is 1.84 bits per heavy atom. The molecule has 0 saturated carbocycles. The number of nitrogens with one attached hydrogen (secondary N) is 2. The third kappa shape index (κ3) is 8.84. The Labute approximate surface area is 168 Å². The molecule has 142 valence electrons. The molecule has 25 heavy (non-hydrogen) atoms. The zero-order valence-electron chi connectivity index (χ0n) is 15.3. The number of methoxy groups -OCH3 is 1. The lowest BCUT2D eigenvalue weighted by molar-refractivity contribution is 0.0389. The van der Waals surface area contributed by atoms with E-state index in [1.807, 2.05) is 0 Å². The highest BCUT2D eigenvalue weighted by molar-refractivity contribution is 14.0. The van der Waals surface area contributed by atoms with Gasteiger partial charge in [0.15, 0.2) is 5.96 Å². The molecule has 6 nitrogen and oxygen atoms in total. The van der Waals surface area contributed by atoms with Crippen LogP contribution in [-0.2, 0) is 22.6 Å². The zero-order chi connectivity index (χ0) is 17.0. The van der Waals surface area contributed by atoms with Gasteiger partial charge in [0, 0.05) is 39.8 Å². The van der Waals surface area contributed by atoms with Crippen LogP contribution in [0.25, 0.3) is 0 Å². The molecular weight excluding hydrogens is 431 g/mol. The molecule has 1 aliphatic heterocycles. The van der Waals surface area contributed by atoms with Gasteiger partial charge in [-0.2, -0.15) is 0 Å². The van der Waals surface area contributed by atoms with Crippen molar-refractivity contribution in [2.75, 3.05) is 53.0 Å². The van der Waals surface area contributed by atoms with E-state index in [9.17, 15) is 0 Å². The first-order chi connectivity index (χ1) is 11.8. The van der Waals surface area contributed by atoms with Gasteiger partial charge in [0.2, 0.25) is 0 Å². The molecular formula is C18H31IN4O2. The molecule has 1 aliphatic rings. The Morgan fingerprint density at radius 3 is 2.48 bits per heavy atom. The van der Waals surface area contributed by atoms with Crippen molar-refractivity contribution in [2.24, 2.45) is 4.99 Å². The molecule has 0 bridgehead atoms. The van der Waals surface area contributed by atoms with Gasteiger partial charge >= 0.3 is 0 Å². The number of morpholine rings is 1. The lowest BCUT2D eigenvalue weighted by Crippen LogP contribution is -2.44. The smallest absolute Gasteiger partial charge is 0.191 e. The minimum atomic E-state index is 0. The summed E-state index contributed by atoms with van der Waals surface area (Å²) in [4.78, 5) is 7.07. The summed E-state index contributed by atoms with van der Waals surface area (Å²) in [6.45, 7) is 9.87. The minimum absolute atomic E-state index is 0. The molecule has 1 fully saturated rings. The second kappa shape index (κ2) is 13.3. The molecule has 1 aromatic carbocycles. The Morgan fingerprint density at radius 1 is 1.16 bits per heavy atom. The Hall–Kier alpha value is -0.900. The first kappa shape index (κ1) is 22.1. The number of hydrogen-bond acceptors (Lipinski definition) is 4. The Bertz CT molecular complexity index is 490. The molecule has 0 aromatic heterocycles. The van der Waals surface area contributed by atoms with E-state index in [0.29, 0.717) is 13.2 Å². The van der Waals surface area contributed by atoms with Crippen LogP contribution in [0.3, 0.4) is 0 Å². The number of ether oxygens (including phenoxy) is 2. The lowest BCUT2D eigenvalue weighted by atomic mass is 10.1. The van der Waals surface area contributed by atoms with Gasteiger partial charge in [-0.05, 0) is 18.1 Å². The third-order valence-corrected chi connectivity index (χ3v) is 3.92. The van der Waals surface area contributed by atoms with Crippen molar-refractivity contribution in [1.29, 1.82) is 0 Å². The van der Waals surface area contributed by atoms with Gasteiger partial charge in [-0.3, -0.25) is 4.90 Å². The van der Waals surface area contributed by atoms with Crippen LogP contribution in [-0.4, -0.2) is 63.9 Å². The predicted octanol–water partition coefficient (Wildman–Crippen LogP) is 1.84. The minimum Gasteiger partial charge on any atom is -0.380 e. The van der Waals surface area contributed by atoms with Crippen molar-refractivity contribution in [3.05, 3.63) is 35.4 Å². The predicted molar refractivity (Wildman–Crippen MR) is 113 cm³/mol. The number of aliphatic imine (C=N–C) groups is 1. The van der Waals surface area contributed by atoms with Crippen LogP contribution in [0.4, 0.5) is 0 Å². The van der Waals surface area contributed by atoms with Crippen molar-refractivity contribution < 1.29 is 9.47 Å². The van der Waals surface area contributed by atoms with Crippen LogP contribution in [0, 0.1) is 0 Å². The fraction of sp³-hybridized carbons (Fsp3) is 0.611. The standard InChI is InChI=1S/C18H30N4O2.HI/c1-3-19-18(20-8-9-22-10-12-24-13-11-22)21-14-16-4-6-17(7-5-16)15-23-2;/h4-7H,3,8-15H2,1-2H3,(H2,19,20,21);1H. The Kier molecular flexibility index (Phi) is 11.8. The summed E-state index contributed by atoms with van der Waals surface area (Å²) in [6, 6.07) is 8.39. The van der Waals surface area contributed by atoms with Crippen LogP contribution in [0.15, 0.2) is 29.3 Å². The van der Waals surface area contributed by atoms with Crippen LogP contribution in [0.2, 0.25) is 0 Å². The molecule has 2 rings (SSSR count). The molecule has 1 saturated heterocycles. The highest BCUT2D eigenvalue weighted by Crippen LogP contribution is 2.06. The fourth-order valence-corrected chi connectivity index (χ4v) is 2.58. The summed E-state index contributed by atoms with van der Waals surface area (Å²) in [7, 11) is 1.71. The lowest BCUT2D eigenvalue weighted by Gasteiger charge is -2.26. The molecule has 0 radical (unpaired) electrons. The summed E-state index contributed by atoms with van der Waals surface area (Å²) in [5.41, 5.74) is 2.38. The second-order valence-electron chi connectivity index (χ2n) is 5.83. The molecule has 0 spiro atoms. The zero-order valence-corrected chi connectivity index (χ0v) is 17.6. The van der Waals surface area contributed by atoms with Crippen molar-refractivity contribution in [2.45, 2.75) is 20.1 Å². The number of hydrogen-bond donors (Lipinski definition) is 2. The van der Waals surface area contributed by atoms with E-state index >= 15 is 0 Å². The van der Waals surface area contributed by atoms with E-state index in [4.69, 9.17) is 9.47 Å². The SMILES string of the molecule is CCNC(=NCc1ccc(COC)cc1)NCCN1CCOCC1.I. The van der Waals surface area contributed by atoms with Crippen molar-refractivity contribution in [3.63, 3.8) is 0 Å². The summed E-state index contributed by atoms with van der Waals surface area (Å²) in [5.74, 6) is 0.867. The highest BCUT2D eigenvalue weighted by Gasteiger charge is 2.09. The van der Waals surface area contributed by atoms with Gasteiger partial charge in [0.05, 0.1) is 26.4 Å². The van der Waals surface area contributed by atoms with Gasteiger partial charge in [-0.15, -0.1) is 24.0 Å². The van der Waals surface area contributed by atoms with E-state index in [1.165, 1.54) is 11.1 Å². The maximum atomic E-state index is 5.37. The maximum absolute atomic E-state index is 5.37. The summed E-state index contributed by atoms with van der Waals surface area (Å²) in [6.07, 6.45) is 0. The largest absolute Gasteiger partial charge is 0.380 e. The van der Waals surface area contributed by atoms with Gasteiger partial charge < -0.3 is 20.1 Å². The molecule has 0 atom stereocenters. The maximum Gasteiger partial charge on any atom is 0.191 e. The molecule has 7 heteroatoms. The van der Waals surface area contributed by atoms with Crippen LogP contribution < -0.4 is 10.6 Å². The quantitative estimate of drug-likeness (QED) is 0.351. The molecule has 1 aromatic rings. The van der Waals surface area contributed by atoms with Crippen LogP contribution in [0.5, 0.6) is 0 Å². The van der Waals surface area contributed by atoms with Gasteiger partial charge in [-0.1, -0.05) is 24.3 Å². The van der Waals surface area contributed by atoms with Crippen molar-refractivity contribution in [3.8, 4) is 0 Å². The number of guanidine groups is 1. The number of rotatable bonds is 8. The molecule has 0 aliphatic carbocycles. The fourth-order valence-electron chi connectivity index (χ4n) is 2.58. The number of benzene rings is 1. The second-order valence-corrected chi connectivity index (χ2v) is 5.83. The van der Waals surface area contributed by atoms with Gasteiger partial charge in [0.25, 0.3) is 0 Å². The molecule has 0 unspecified atom stereocenters. The number of halogens is 1. The monoisotopic (exact) mass is 462 g/mol. The van der Waals surface area contributed by atoms with E-state index in [-0.39, 0.29) is 24.0 Å². The van der Waals surface area contributed by atoms with E-state index in [1.54, 1.807) is 7.11 Å². The number of nitrogens with zero attached hydrogens (tertiary/aromatic N) is 2. The Balaban J connectivity index is 0.00000312. The van der Waals surface area contributed by atoms with Crippen LogP contribution in [0.1, 0.15) is 18.1 Å². The van der Waals surface area contributed by atoms with E-state index in [2.05, 4.69) is 51.7 Å². The first-order valence-corrected chi connectivity index (χ1v) is 8.71. The van der Waals surface area contributed by atoms with Crippen molar-refractivity contribution in [1.82, 2.24) is 15.5 Å². The summed E-state index contributed by atoms with van der Waals surface area (Å²) >= 11 is 0. The molecule has 0 amide bonds.